The van der Waals surface area contributed by atoms with Crippen molar-refractivity contribution in [1.82, 2.24) is 24.7 Å². The minimum Gasteiger partial charge on any atom is -0.497 e. The van der Waals surface area contributed by atoms with E-state index in [1.165, 1.54) is 0 Å². The van der Waals surface area contributed by atoms with Crippen molar-refractivity contribution in [3.05, 3.63) is 77.0 Å². The zero-order valence-electron chi connectivity index (χ0n) is 16.1. The van der Waals surface area contributed by atoms with Crippen molar-refractivity contribution in [2.75, 3.05) is 7.11 Å². The van der Waals surface area contributed by atoms with Gasteiger partial charge in [-0.05, 0) is 48.6 Å². The number of nitrogens with one attached hydrogen (secondary N) is 1. The normalized spacial score (nSPS) is 11.2. The van der Waals surface area contributed by atoms with E-state index in [-0.39, 0.29) is 0 Å². The van der Waals surface area contributed by atoms with Gasteiger partial charge in [-0.1, -0.05) is 25.1 Å². The van der Waals surface area contributed by atoms with E-state index in [9.17, 15) is 0 Å². The zero-order chi connectivity index (χ0) is 20.2. The second-order valence-electron chi connectivity index (χ2n) is 6.30. The Balaban J connectivity index is 1.80. The molecule has 29 heavy (non-hydrogen) atoms. The highest BCUT2D eigenvalue weighted by atomic mass is 32.1. The zero-order valence-corrected chi connectivity index (χ0v) is 16.9. The number of hydrogen-bond acceptors (Lipinski definition) is 5. The van der Waals surface area contributed by atoms with Gasteiger partial charge in [-0.2, -0.15) is 20.0 Å². The monoisotopic (exact) mass is 404 g/mol. The molecule has 0 aliphatic carbocycles. The molecule has 4 rings (SSSR count). The molecule has 0 bridgehead atoms. The van der Waals surface area contributed by atoms with E-state index in [1.54, 1.807) is 18.0 Å². The molecule has 0 saturated heterocycles. The molecular formula is C21H20N6OS. The fourth-order valence-corrected chi connectivity index (χ4v) is 3.16. The second kappa shape index (κ2) is 8.24. The third kappa shape index (κ3) is 3.88. The van der Waals surface area contributed by atoms with Crippen LogP contribution in [0.5, 0.6) is 5.75 Å². The largest absolute Gasteiger partial charge is 0.497 e. The molecule has 0 aliphatic rings. The lowest BCUT2D eigenvalue weighted by Gasteiger charge is -2.02. The molecule has 0 amide bonds. The van der Waals surface area contributed by atoms with Crippen molar-refractivity contribution in [3.8, 4) is 22.7 Å². The topological polar surface area (TPSA) is 73.0 Å². The molecule has 0 spiro atoms. The maximum absolute atomic E-state index is 5.29. The number of rotatable bonds is 6. The minimum absolute atomic E-state index is 0.458. The maximum atomic E-state index is 5.29. The quantitative estimate of drug-likeness (QED) is 0.385. The molecule has 0 atom stereocenters. The molecule has 2 heterocycles. The lowest BCUT2D eigenvalue weighted by atomic mass is 10.1. The Kier molecular flexibility index (Phi) is 5.35. The van der Waals surface area contributed by atoms with Crippen LogP contribution in [0.1, 0.15) is 18.3 Å². The van der Waals surface area contributed by atoms with E-state index in [0.717, 1.165) is 40.5 Å². The third-order valence-electron chi connectivity index (χ3n) is 4.47. The summed E-state index contributed by atoms with van der Waals surface area (Å²) >= 11 is 5.29. The highest BCUT2D eigenvalue weighted by Crippen LogP contribution is 2.25. The Bertz CT molecular complexity index is 1190. The second-order valence-corrected chi connectivity index (χ2v) is 6.68. The number of H-pyrrole nitrogens is 1. The van der Waals surface area contributed by atoms with Crippen LogP contribution in [0.3, 0.4) is 0 Å². The van der Waals surface area contributed by atoms with E-state index in [4.69, 9.17) is 22.1 Å². The van der Waals surface area contributed by atoms with Crippen LogP contribution in [-0.4, -0.2) is 38.0 Å². The highest BCUT2D eigenvalue weighted by Gasteiger charge is 2.12. The van der Waals surface area contributed by atoms with Crippen LogP contribution in [0.2, 0.25) is 0 Å². The highest BCUT2D eigenvalue weighted by molar-refractivity contribution is 7.71. The number of hydrogen-bond donors (Lipinski definition) is 1. The van der Waals surface area contributed by atoms with Crippen LogP contribution in [0, 0.1) is 4.77 Å². The summed E-state index contributed by atoms with van der Waals surface area (Å²) in [6.07, 6.45) is 4.43. The van der Waals surface area contributed by atoms with E-state index >= 15 is 0 Å². The Hall–Kier alpha value is -3.52. The summed E-state index contributed by atoms with van der Waals surface area (Å²) in [5.41, 5.74) is 3.61. The first-order valence-corrected chi connectivity index (χ1v) is 9.60. The molecule has 2 aromatic heterocycles. The first-order chi connectivity index (χ1) is 14.2. The Morgan fingerprint density at radius 2 is 1.90 bits per heavy atom. The van der Waals surface area contributed by atoms with Crippen LogP contribution in [0.25, 0.3) is 16.9 Å². The fourth-order valence-electron chi connectivity index (χ4n) is 2.96. The summed E-state index contributed by atoms with van der Waals surface area (Å²) in [5.74, 6) is 1.57. The smallest absolute Gasteiger partial charge is 0.216 e. The summed E-state index contributed by atoms with van der Waals surface area (Å²) in [4.78, 5) is 0. The van der Waals surface area contributed by atoms with Gasteiger partial charge >= 0.3 is 0 Å². The van der Waals surface area contributed by atoms with Crippen LogP contribution in [0.4, 0.5) is 0 Å². The van der Waals surface area contributed by atoms with Gasteiger partial charge in [0.25, 0.3) is 0 Å². The molecule has 0 unspecified atom stereocenters. The fraction of sp³-hybridized carbons (Fsp3) is 0.143. The molecule has 146 valence electrons. The average Bonchev–Trinajstić information content (AvgIpc) is 3.36. The van der Waals surface area contributed by atoms with Crippen molar-refractivity contribution >= 4 is 18.4 Å². The predicted molar refractivity (Wildman–Crippen MR) is 115 cm³/mol. The van der Waals surface area contributed by atoms with Gasteiger partial charge in [0, 0.05) is 23.7 Å². The Morgan fingerprint density at radius 1 is 1.14 bits per heavy atom. The van der Waals surface area contributed by atoms with Gasteiger partial charge in [-0.3, -0.25) is 5.10 Å². The number of aryl methyl sites for hydroxylation is 1. The number of aromatic amines is 1. The van der Waals surface area contributed by atoms with Gasteiger partial charge in [0.2, 0.25) is 4.77 Å². The third-order valence-corrected chi connectivity index (χ3v) is 4.74. The molecule has 1 N–H and O–H groups in total. The average molecular weight is 404 g/mol. The number of nitrogens with zero attached hydrogens (tertiary/aromatic N) is 5. The van der Waals surface area contributed by atoms with E-state index in [0.29, 0.717) is 4.77 Å². The molecule has 7 nitrogen and oxygen atoms in total. The molecular weight excluding hydrogens is 384 g/mol. The number of benzene rings is 2. The van der Waals surface area contributed by atoms with Gasteiger partial charge in [-0.25, -0.2) is 4.68 Å². The minimum atomic E-state index is 0.458. The number of ether oxygens (including phenoxy) is 1. The van der Waals surface area contributed by atoms with Crippen LogP contribution in [-0.2, 0) is 6.42 Å². The number of para-hydroxylation sites is 1. The molecule has 4 aromatic rings. The van der Waals surface area contributed by atoms with Crippen molar-refractivity contribution in [2.45, 2.75) is 13.3 Å². The molecule has 0 radical (unpaired) electrons. The first kappa shape index (κ1) is 18.8. The molecule has 0 aliphatic heterocycles. The van der Waals surface area contributed by atoms with Gasteiger partial charge < -0.3 is 4.74 Å². The first-order valence-electron chi connectivity index (χ1n) is 9.19. The standard InChI is InChI=1S/C21H20N6OS/c1-3-19-23-24-21(29)27(19)22-13-16-14-26(17-7-5-4-6-8-17)25-20(16)15-9-11-18(28-2)12-10-15/h4-14H,3H2,1-2H3,(H,24,29)/b22-13-. The van der Waals surface area contributed by atoms with Gasteiger partial charge in [0.05, 0.1) is 19.0 Å². The predicted octanol–water partition coefficient (Wildman–Crippen LogP) is 4.25. The molecule has 0 fully saturated rings. The summed E-state index contributed by atoms with van der Waals surface area (Å²) in [6, 6.07) is 17.8. The molecule has 2 aromatic carbocycles. The molecule has 8 heteroatoms. The Labute approximate surface area is 173 Å². The summed E-state index contributed by atoms with van der Waals surface area (Å²) in [6.45, 7) is 2.01. The molecule has 0 saturated carbocycles. The maximum Gasteiger partial charge on any atom is 0.216 e. The van der Waals surface area contributed by atoms with Gasteiger partial charge in [0.1, 0.15) is 11.4 Å². The van der Waals surface area contributed by atoms with Crippen molar-refractivity contribution in [2.24, 2.45) is 5.10 Å². The van der Waals surface area contributed by atoms with Crippen molar-refractivity contribution in [1.29, 1.82) is 0 Å². The van der Waals surface area contributed by atoms with Gasteiger partial charge in [-0.15, -0.1) is 0 Å². The summed E-state index contributed by atoms with van der Waals surface area (Å²) in [5, 5.41) is 16.3. The van der Waals surface area contributed by atoms with E-state index in [2.05, 4.69) is 15.3 Å². The summed E-state index contributed by atoms with van der Waals surface area (Å²) < 4.78 is 9.20. The van der Waals surface area contributed by atoms with Crippen LogP contribution >= 0.6 is 12.2 Å². The lowest BCUT2D eigenvalue weighted by molar-refractivity contribution is 0.415. The SMILES string of the molecule is CCc1n[nH]c(=S)n1/N=C\c1cn(-c2ccccc2)nc1-c1ccc(OC)cc1. The summed E-state index contributed by atoms with van der Waals surface area (Å²) in [7, 11) is 1.65. The van der Waals surface area contributed by atoms with E-state index in [1.807, 2.05) is 72.4 Å². The van der Waals surface area contributed by atoms with Crippen molar-refractivity contribution < 1.29 is 4.74 Å². The van der Waals surface area contributed by atoms with Gasteiger partial charge in [0.15, 0.2) is 5.82 Å². The lowest BCUT2D eigenvalue weighted by Crippen LogP contribution is -1.97. The Morgan fingerprint density at radius 3 is 2.59 bits per heavy atom. The number of aromatic nitrogens is 5. The van der Waals surface area contributed by atoms with Crippen LogP contribution in [0.15, 0.2) is 65.9 Å². The van der Waals surface area contributed by atoms with Crippen molar-refractivity contribution in [3.63, 3.8) is 0 Å². The van der Waals surface area contributed by atoms with Crippen LogP contribution < -0.4 is 4.74 Å². The number of methoxy groups -OCH3 is 1. The van der Waals surface area contributed by atoms with E-state index < -0.39 is 0 Å².